The number of benzene rings is 3. The highest BCUT2D eigenvalue weighted by Gasteiger charge is 2.38. The molecule has 0 bridgehead atoms. The van der Waals surface area contributed by atoms with Crippen molar-refractivity contribution in [3.63, 3.8) is 0 Å². The normalized spacial score (nSPS) is 18.8. The number of hydrogen-bond donors (Lipinski definition) is 1. The Morgan fingerprint density at radius 2 is 1.74 bits per heavy atom. The van der Waals surface area contributed by atoms with Gasteiger partial charge in [-0.05, 0) is 60.9 Å². The molecule has 5 rings (SSSR count). The molecule has 2 atom stereocenters. The molecule has 1 aliphatic heterocycles. The van der Waals surface area contributed by atoms with Crippen LogP contribution >= 0.6 is 0 Å². The van der Waals surface area contributed by atoms with Crippen LogP contribution in [0.5, 0.6) is 0 Å². The van der Waals surface area contributed by atoms with Gasteiger partial charge in [-0.2, -0.15) is 5.10 Å². The summed E-state index contributed by atoms with van der Waals surface area (Å²) in [6.07, 6.45) is 3.80. The first-order chi connectivity index (χ1) is 15.1. The monoisotopic (exact) mass is 414 g/mol. The molecule has 1 aromatic heterocycles. The Bertz CT molecular complexity index is 1220. The Morgan fingerprint density at radius 3 is 2.52 bits per heavy atom. The quantitative estimate of drug-likeness (QED) is 0.532. The number of rotatable bonds is 5. The molecule has 2 N–H and O–H groups in total. The lowest BCUT2D eigenvalue weighted by Crippen LogP contribution is -2.40. The summed E-state index contributed by atoms with van der Waals surface area (Å²) < 4.78 is 15.0. The summed E-state index contributed by atoms with van der Waals surface area (Å²) in [5.74, 6) is -0.233. The van der Waals surface area contributed by atoms with E-state index >= 15 is 0 Å². The molecular weight excluding hydrogens is 391 g/mol. The van der Waals surface area contributed by atoms with Crippen molar-refractivity contribution in [2.75, 3.05) is 4.90 Å². The fraction of sp³-hybridized carbons (Fsp3) is 0.200. The Balaban J connectivity index is 1.44. The summed E-state index contributed by atoms with van der Waals surface area (Å²) in [7, 11) is 0. The van der Waals surface area contributed by atoms with Crippen LogP contribution in [0.25, 0.3) is 16.6 Å². The number of anilines is 1. The highest BCUT2D eigenvalue weighted by molar-refractivity contribution is 5.99. The van der Waals surface area contributed by atoms with Crippen LogP contribution < -0.4 is 10.6 Å². The molecule has 31 heavy (non-hydrogen) atoms. The van der Waals surface area contributed by atoms with Crippen molar-refractivity contribution < 1.29 is 9.18 Å². The average Bonchev–Trinajstić information content (AvgIpc) is 3.33. The molecule has 156 valence electrons. The molecule has 1 aliphatic rings. The maximum Gasteiger partial charge on any atom is 0.228 e. The van der Waals surface area contributed by atoms with E-state index in [0.717, 1.165) is 35.1 Å². The van der Waals surface area contributed by atoms with Crippen LogP contribution in [0.15, 0.2) is 79.0 Å². The molecule has 6 heteroatoms. The van der Waals surface area contributed by atoms with Gasteiger partial charge in [-0.15, -0.1) is 0 Å². The van der Waals surface area contributed by atoms with Gasteiger partial charge in [0.1, 0.15) is 5.82 Å². The van der Waals surface area contributed by atoms with Gasteiger partial charge in [-0.25, -0.2) is 9.07 Å². The summed E-state index contributed by atoms with van der Waals surface area (Å²) in [5.41, 5.74) is 10.1. The number of aromatic nitrogens is 2. The molecule has 1 fully saturated rings. The van der Waals surface area contributed by atoms with Gasteiger partial charge < -0.3 is 10.6 Å². The van der Waals surface area contributed by atoms with Crippen LogP contribution in [0.4, 0.5) is 10.1 Å². The van der Waals surface area contributed by atoms with Gasteiger partial charge >= 0.3 is 0 Å². The maximum absolute atomic E-state index is 13.3. The second kappa shape index (κ2) is 7.96. The third kappa shape index (κ3) is 3.70. The van der Waals surface area contributed by atoms with Crippen molar-refractivity contribution in [1.29, 1.82) is 0 Å². The first-order valence-electron chi connectivity index (χ1n) is 10.5. The van der Waals surface area contributed by atoms with Crippen molar-refractivity contribution in [2.24, 2.45) is 5.73 Å². The molecule has 2 heterocycles. The standard InChI is InChI=1S/C25H23FN4O/c26-19-7-9-20(10-8-19)30-23-13-11-21(14-18(23)16-28-30)29-24(22(27)15-25(29)31)12-6-17-4-2-1-3-5-17/h1-5,7-11,13-14,16,22,24H,6,12,15,27H2/t22-,24+/m0/s1. The van der Waals surface area contributed by atoms with Crippen LogP contribution in [0.1, 0.15) is 18.4 Å². The van der Waals surface area contributed by atoms with E-state index in [1.54, 1.807) is 23.0 Å². The van der Waals surface area contributed by atoms with Gasteiger partial charge in [0.15, 0.2) is 0 Å². The van der Waals surface area contributed by atoms with Crippen LogP contribution in [0.2, 0.25) is 0 Å². The number of amides is 1. The van der Waals surface area contributed by atoms with Gasteiger partial charge in [0.2, 0.25) is 5.91 Å². The van der Waals surface area contributed by atoms with E-state index in [1.165, 1.54) is 17.7 Å². The smallest absolute Gasteiger partial charge is 0.228 e. The van der Waals surface area contributed by atoms with Crippen molar-refractivity contribution in [3.8, 4) is 5.69 Å². The first kappa shape index (κ1) is 19.5. The molecule has 4 aromatic rings. The predicted molar refractivity (Wildman–Crippen MR) is 120 cm³/mol. The molecule has 1 saturated heterocycles. The zero-order chi connectivity index (χ0) is 21.4. The molecule has 0 saturated carbocycles. The van der Waals surface area contributed by atoms with E-state index in [2.05, 4.69) is 17.2 Å². The van der Waals surface area contributed by atoms with E-state index in [4.69, 9.17) is 5.73 Å². The Labute approximate surface area is 179 Å². The van der Waals surface area contributed by atoms with E-state index in [-0.39, 0.29) is 23.8 Å². The lowest BCUT2D eigenvalue weighted by Gasteiger charge is -2.27. The van der Waals surface area contributed by atoms with Crippen molar-refractivity contribution in [3.05, 3.63) is 90.4 Å². The topological polar surface area (TPSA) is 64.2 Å². The van der Waals surface area contributed by atoms with Crippen molar-refractivity contribution in [1.82, 2.24) is 9.78 Å². The lowest BCUT2D eigenvalue weighted by atomic mass is 10.0. The van der Waals surface area contributed by atoms with Crippen LogP contribution in [-0.4, -0.2) is 27.8 Å². The molecule has 0 spiro atoms. The highest BCUT2D eigenvalue weighted by Crippen LogP contribution is 2.31. The molecule has 0 radical (unpaired) electrons. The Kier molecular flexibility index (Phi) is 5.00. The molecule has 1 amide bonds. The summed E-state index contributed by atoms with van der Waals surface area (Å²) in [4.78, 5) is 14.6. The van der Waals surface area contributed by atoms with Crippen molar-refractivity contribution in [2.45, 2.75) is 31.3 Å². The number of hydrogen-bond acceptors (Lipinski definition) is 3. The predicted octanol–water partition coefficient (Wildman–Crippen LogP) is 4.23. The fourth-order valence-corrected chi connectivity index (χ4v) is 4.41. The minimum absolute atomic E-state index is 0.0442. The number of nitrogens with zero attached hydrogens (tertiary/aromatic N) is 3. The summed E-state index contributed by atoms with van der Waals surface area (Å²) in [5, 5.41) is 5.37. The second-order valence-corrected chi connectivity index (χ2v) is 8.00. The average molecular weight is 414 g/mol. The third-order valence-corrected chi connectivity index (χ3v) is 5.98. The zero-order valence-corrected chi connectivity index (χ0v) is 17.0. The van der Waals surface area contributed by atoms with E-state index in [1.807, 2.05) is 41.3 Å². The van der Waals surface area contributed by atoms with Gasteiger partial charge in [-0.1, -0.05) is 30.3 Å². The summed E-state index contributed by atoms with van der Waals surface area (Å²) >= 11 is 0. The van der Waals surface area contributed by atoms with Gasteiger partial charge in [0.25, 0.3) is 0 Å². The Morgan fingerprint density at radius 1 is 1.00 bits per heavy atom. The lowest BCUT2D eigenvalue weighted by molar-refractivity contribution is -0.117. The third-order valence-electron chi connectivity index (χ3n) is 5.98. The van der Waals surface area contributed by atoms with Crippen LogP contribution in [0, 0.1) is 5.82 Å². The molecule has 0 unspecified atom stereocenters. The minimum Gasteiger partial charge on any atom is -0.325 e. The maximum atomic E-state index is 13.3. The van der Waals surface area contributed by atoms with E-state index < -0.39 is 0 Å². The van der Waals surface area contributed by atoms with Crippen LogP contribution in [0.3, 0.4) is 0 Å². The summed E-state index contributed by atoms with van der Waals surface area (Å²) in [6, 6.07) is 22.1. The second-order valence-electron chi connectivity index (χ2n) is 8.00. The number of carbonyl (C=O) groups is 1. The Hall–Kier alpha value is -3.51. The highest BCUT2D eigenvalue weighted by atomic mass is 19.1. The van der Waals surface area contributed by atoms with E-state index in [9.17, 15) is 9.18 Å². The number of fused-ring (bicyclic) bond motifs is 1. The summed E-state index contributed by atoms with van der Waals surface area (Å²) in [6.45, 7) is 0. The van der Waals surface area contributed by atoms with Crippen molar-refractivity contribution >= 4 is 22.5 Å². The van der Waals surface area contributed by atoms with Gasteiger partial charge in [0.05, 0.1) is 23.4 Å². The fourth-order valence-electron chi connectivity index (χ4n) is 4.41. The SMILES string of the molecule is N[C@H]1CC(=O)N(c2ccc3c(cnn3-c3ccc(F)cc3)c2)[C@@H]1CCc1ccccc1. The van der Waals surface area contributed by atoms with Crippen LogP contribution in [-0.2, 0) is 11.2 Å². The number of carbonyl (C=O) groups excluding carboxylic acids is 1. The van der Waals surface area contributed by atoms with Gasteiger partial charge in [-0.3, -0.25) is 4.79 Å². The molecule has 0 aliphatic carbocycles. The van der Waals surface area contributed by atoms with Gasteiger partial charge in [0, 0.05) is 23.5 Å². The number of aryl methyl sites for hydroxylation is 1. The number of nitrogens with two attached hydrogens (primary N) is 1. The largest absolute Gasteiger partial charge is 0.325 e. The number of halogens is 1. The van der Waals surface area contributed by atoms with E-state index in [0.29, 0.717) is 6.42 Å². The molecule has 3 aromatic carbocycles. The zero-order valence-electron chi connectivity index (χ0n) is 17.0. The minimum atomic E-state index is -0.284. The first-order valence-corrected chi connectivity index (χ1v) is 10.5. The molecule has 5 nitrogen and oxygen atoms in total. The molecular formula is C25H23FN4O.